The summed E-state index contributed by atoms with van der Waals surface area (Å²) in [5.74, 6) is 0.248. The van der Waals surface area contributed by atoms with Crippen LogP contribution in [-0.4, -0.2) is 24.7 Å². The summed E-state index contributed by atoms with van der Waals surface area (Å²) >= 11 is 0. The van der Waals surface area contributed by atoms with Crippen LogP contribution in [0.25, 0.3) is 6.08 Å². The number of rotatable bonds is 8. The minimum atomic E-state index is -0.562. The van der Waals surface area contributed by atoms with E-state index in [0.29, 0.717) is 35.6 Å². The maximum Gasteiger partial charge on any atom is 0.266 e. The molecule has 2 N–H and O–H groups in total. The van der Waals surface area contributed by atoms with E-state index in [4.69, 9.17) is 9.47 Å². The highest BCUT2D eigenvalue weighted by Crippen LogP contribution is 2.33. The Kier molecular flexibility index (Phi) is 7.44. The molecule has 0 fully saturated rings. The first-order valence-electron chi connectivity index (χ1n) is 9.10. The first-order valence-corrected chi connectivity index (χ1v) is 9.10. The van der Waals surface area contributed by atoms with Crippen LogP contribution in [0.5, 0.6) is 17.2 Å². The number of aromatic hydroxyl groups is 1. The van der Waals surface area contributed by atoms with Crippen LogP contribution in [0.4, 0.5) is 5.69 Å². The number of nitrogens with one attached hydrogen (secondary N) is 1. The molecule has 2 rings (SSSR count). The number of carbonyl (C=O) groups excluding carboxylic acids is 1. The van der Waals surface area contributed by atoms with Gasteiger partial charge in [-0.2, -0.15) is 5.26 Å². The van der Waals surface area contributed by atoms with E-state index >= 15 is 0 Å². The second-order valence-corrected chi connectivity index (χ2v) is 6.28. The second-order valence-electron chi connectivity index (χ2n) is 6.28. The van der Waals surface area contributed by atoms with Gasteiger partial charge in [-0.05, 0) is 61.7 Å². The Bertz CT molecular complexity index is 987. The van der Waals surface area contributed by atoms with Crippen LogP contribution >= 0.6 is 0 Å². The van der Waals surface area contributed by atoms with Crippen molar-refractivity contribution in [3.05, 3.63) is 65.3 Å². The summed E-state index contributed by atoms with van der Waals surface area (Å²) in [7, 11) is 1.51. The van der Waals surface area contributed by atoms with Crippen LogP contribution in [0.1, 0.15) is 23.6 Å². The van der Waals surface area contributed by atoms with E-state index in [1.54, 1.807) is 37.3 Å². The summed E-state index contributed by atoms with van der Waals surface area (Å²) in [6, 6.07) is 10.6. The van der Waals surface area contributed by atoms with Crippen molar-refractivity contribution in [3.8, 4) is 23.3 Å². The molecule has 6 nitrogen and oxygen atoms in total. The number of benzene rings is 2. The summed E-state index contributed by atoms with van der Waals surface area (Å²) in [6.07, 6.45) is 3.52. The molecule has 0 radical (unpaired) electrons. The Morgan fingerprint density at radius 2 is 2.07 bits per heavy atom. The summed E-state index contributed by atoms with van der Waals surface area (Å²) in [6.45, 7) is 7.75. The molecule has 0 aliphatic rings. The van der Waals surface area contributed by atoms with E-state index in [0.717, 1.165) is 5.56 Å². The Morgan fingerprint density at radius 1 is 1.31 bits per heavy atom. The maximum absolute atomic E-state index is 12.7. The van der Waals surface area contributed by atoms with Crippen molar-refractivity contribution in [1.29, 1.82) is 5.26 Å². The molecule has 0 aliphatic heterocycles. The fraction of sp³-hybridized carbons (Fsp3) is 0.217. The highest BCUT2D eigenvalue weighted by molar-refractivity contribution is 6.10. The smallest absolute Gasteiger partial charge is 0.266 e. The van der Waals surface area contributed by atoms with E-state index in [-0.39, 0.29) is 17.1 Å². The zero-order valence-electron chi connectivity index (χ0n) is 16.8. The lowest BCUT2D eigenvalue weighted by atomic mass is 10.0. The lowest BCUT2D eigenvalue weighted by Gasteiger charge is -2.12. The van der Waals surface area contributed by atoms with Crippen molar-refractivity contribution >= 4 is 17.7 Å². The number of ether oxygens (including phenoxy) is 2. The van der Waals surface area contributed by atoms with Crippen molar-refractivity contribution in [1.82, 2.24) is 0 Å². The SMILES string of the molecule is C=CCc1cc(/C=C(\C#N)C(=O)Nc2cc(C)ccc2OC)cc(OCC)c1O. The molecule has 6 heteroatoms. The van der Waals surface area contributed by atoms with Crippen molar-refractivity contribution < 1.29 is 19.4 Å². The van der Waals surface area contributed by atoms with Gasteiger partial charge in [0.05, 0.1) is 19.4 Å². The van der Waals surface area contributed by atoms with Crippen molar-refractivity contribution in [2.75, 3.05) is 19.0 Å². The van der Waals surface area contributed by atoms with E-state index in [9.17, 15) is 15.2 Å². The third-order valence-electron chi connectivity index (χ3n) is 4.12. The molecule has 0 aromatic heterocycles. The predicted octanol–water partition coefficient (Wildman–Crippen LogP) is 4.38. The summed E-state index contributed by atoms with van der Waals surface area (Å²) in [5, 5.41) is 22.5. The second kappa shape index (κ2) is 10.00. The molecule has 1 amide bonds. The molecule has 0 atom stereocenters. The highest BCUT2D eigenvalue weighted by Gasteiger charge is 2.15. The number of nitrogens with zero attached hydrogens (tertiary/aromatic N) is 1. The van der Waals surface area contributed by atoms with Gasteiger partial charge in [-0.1, -0.05) is 12.1 Å². The molecule has 0 heterocycles. The van der Waals surface area contributed by atoms with Crippen LogP contribution in [-0.2, 0) is 11.2 Å². The molecule has 0 unspecified atom stereocenters. The van der Waals surface area contributed by atoms with Gasteiger partial charge in [0, 0.05) is 5.56 Å². The van der Waals surface area contributed by atoms with Crippen LogP contribution in [0.3, 0.4) is 0 Å². The molecular weight excluding hydrogens is 368 g/mol. The standard InChI is InChI=1S/C23H24N2O4/c1-5-7-17-11-16(13-21(22(17)26)29-6-2)12-18(14-24)23(27)25-19-10-15(3)8-9-20(19)28-4/h5,8-13,26H,1,6-7H2,2-4H3,(H,25,27)/b18-12+. The van der Waals surface area contributed by atoms with Crippen LogP contribution in [0, 0.1) is 18.3 Å². The molecule has 2 aromatic rings. The molecule has 0 saturated heterocycles. The Balaban J connectivity index is 2.41. The van der Waals surface area contributed by atoms with E-state index in [2.05, 4.69) is 11.9 Å². The summed E-state index contributed by atoms with van der Waals surface area (Å²) in [5.41, 5.74) is 2.48. The van der Waals surface area contributed by atoms with Gasteiger partial charge in [0.2, 0.25) is 0 Å². The van der Waals surface area contributed by atoms with Gasteiger partial charge in [0.1, 0.15) is 17.4 Å². The van der Waals surface area contributed by atoms with Crippen molar-refractivity contribution in [2.45, 2.75) is 20.3 Å². The average Bonchev–Trinajstić information content (AvgIpc) is 2.70. The van der Waals surface area contributed by atoms with Gasteiger partial charge in [0.25, 0.3) is 5.91 Å². The first kappa shape index (κ1) is 21.6. The normalized spacial score (nSPS) is 10.8. The number of phenols is 1. The molecular formula is C23H24N2O4. The number of carbonyl (C=O) groups is 1. The molecule has 0 spiro atoms. The largest absolute Gasteiger partial charge is 0.504 e. The minimum Gasteiger partial charge on any atom is -0.504 e. The Morgan fingerprint density at radius 3 is 2.69 bits per heavy atom. The third-order valence-corrected chi connectivity index (χ3v) is 4.12. The molecule has 29 heavy (non-hydrogen) atoms. The number of aryl methyl sites for hydroxylation is 1. The highest BCUT2D eigenvalue weighted by atomic mass is 16.5. The summed E-state index contributed by atoms with van der Waals surface area (Å²) < 4.78 is 10.7. The zero-order valence-corrected chi connectivity index (χ0v) is 16.8. The number of nitriles is 1. The van der Waals surface area contributed by atoms with Gasteiger partial charge in [-0.3, -0.25) is 4.79 Å². The van der Waals surface area contributed by atoms with Crippen molar-refractivity contribution in [2.24, 2.45) is 0 Å². The lowest BCUT2D eigenvalue weighted by molar-refractivity contribution is -0.112. The van der Waals surface area contributed by atoms with Crippen LogP contribution in [0.15, 0.2) is 48.6 Å². The Hall–Kier alpha value is -3.72. The fourth-order valence-electron chi connectivity index (χ4n) is 2.77. The lowest BCUT2D eigenvalue weighted by Crippen LogP contribution is -2.14. The Labute approximate surface area is 170 Å². The van der Waals surface area contributed by atoms with Crippen LogP contribution < -0.4 is 14.8 Å². The van der Waals surface area contributed by atoms with Crippen molar-refractivity contribution in [3.63, 3.8) is 0 Å². The van der Waals surface area contributed by atoms with Gasteiger partial charge in [0.15, 0.2) is 11.5 Å². The number of anilines is 1. The fourth-order valence-corrected chi connectivity index (χ4v) is 2.77. The van der Waals surface area contributed by atoms with Gasteiger partial charge >= 0.3 is 0 Å². The van der Waals surface area contributed by atoms with E-state index in [1.165, 1.54) is 13.2 Å². The third kappa shape index (κ3) is 5.39. The zero-order chi connectivity index (χ0) is 21.4. The number of allylic oxidation sites excluding steroid dienone is 1. The quantitative estimate of drug-likeness (QED) is 0.395. The number of methoxy groups -OCH3 is 1. The van der Waals surface area contributed by atoms with E-state index in [1.807, 2.05) is 19.1 Å². The molecule has 0 bridgehead atoms. The first-order chi connectivity index (χ1) is 13.9. The van der Waals surface area contributed by atoms with Gasteiger partial charge in [-0.25, -0.2) is 0 Å². The van der Waals surface area contributed by atoms with Crippen LogP contribution in [0.2, 0.25) is 0 Å². The number of hydrogen-bond acceptors (Lipinski definition) is 5. The van der Waals surface area contributed by atoms with E-state index < -0.39 is 5.91 Å². The monoisotopic (exact) mass is 392 g/mol. The molecule has 0 saturated carbocycles. The molecule has 150 valence electrons. The maximum atomic E-state index is 12.7. The average molecular weight is 392 g/mol. The minimum absolute atomic E-state index is 0.0244. The molecule has 0 aliphatic carbocycles. The number of amides is 1. The topological polar surface area (TPSA) is 91.6 Å². The molecule has 2 aromatic carbocycles. The van der Waals surface area contributed by atoms with Gasteiger partial charge in [-0.15, -0.1) is 6.58 Å². The van der Waals surface area contributed by atoms with Gasteiger partial charge < -0.3 is 19.9 Å². The summed E-state index contributed by atoms with van der Waals surface area (Å²) in [4.78, 5) is 12.7. The number of phenolic OH excluding ortho intramolecular Hbond substituents is 1. The number of hydrogen-bond donors (Lipinski definition) is 2. The predicted molar refractivity (Wildman–Crippen MR) is 113 cm³/mol.